The number of thioether (sulfide) groups is 1. The number of nitrogens with one attached hydrogen (secondary N) is 3. The summed E-state index contributed by atoms with van der Waals surface area (Å²) in [5, 5.41) is 26.5. The molecule has 0 saturated carbocycles. The number of nitrogens with two attached hydrogens (primary N) is 3. The van der Waals surface area contributed by atoms with Crippen molar-refractivity contribution in [3.05, 3.63) is 0 Å². The Morgan fingerprint density at radius 2 is 1.53 bits per heavy atom. The van der Waals surface area contributed by atoms with Crippen LogP contribution < -0.4 is 33.2 Å². The minimum atomic E-state index is -1.26. The SMILES string of the molecule is CSCCC(NC(=O)C(NC(=O)C(CCCN=C(N)N)NC(=O)C(N)C(C)O)C(C)C)C(=O)O. The molecule has 0 heterocycles. The van der Waals surface area contributed by atoms with E-state index < -0.39 is 54.0 Å². The zero-order valence-electron chi connectivity index (χ0n) is 20.1. The number of aliphatic carboxylic acids is 1. The smallest absolute Gasteiger partial charge is 0.326 e. The first kappa shape index (κ1) is 31.4. The number of amides is 3. The molecule has 196 valence electrons. The fourth-order valence-corrected chi connectivity index (χ4v) is 3.27. The Hall–Kier alpha value is -2.58. The minimum Gasteiger partial charge on any atom is -0.480 e. The van der Waals surface area contributed by atoms with Crippen LogP contribution in [0.5, 0.6) is 0 Å². The van der Waals surface area contributed by atoms with Crippen molar-refractivity contribution in [3.8, 4) is 0 Å². The van der Waals surface area contributed by atoms with Crippen molar-refractivity contribution in [2.75, 3.05) is 18.6 Å². The lowest BCUT2D eigenvalue weighted by Gasteiger charge is -2.27. The lowest BCUT2D eigenvalue weighted by atomic mass is 10.0. The number of aliphatic hydroxyl groups excluding tert-OH is 1. The molecule has 0 radical (unpaired) electrons. The Morgan fingerprint density at radius 1 is 0.941 bits per heavy atom. The van der Waals surface area contributed by atoms with Gasteiger partial charge in [0.1, 0.15) is 24.2 Å². The zero-order chi connectivity index (χ0) is 26.4. The highest BCUT2D eigenvalue weighted by molar-refractivity contribution is 7.98. The van der Waals surface area contributed by atoms with Crippen LogP contribution >= 0.6 is 11.8 Å². The van der Waals surface area contributed by atoms with E-state index in [1.165, 1.54) is 18.7 Å². The van der Waals surface area contributed by atoms with Crippen molar-refractivity contribution in [2.24, 2.45) is 28.1 Å². The van der Waals surface area contributed by atoms with Crippen LogP contribution in [0.2, 0.25) is 0 Å². The number of aliphatic imine (C=N–C) groups is 1. The Balaban J connectivity index is 5.48. The van der Waals surface area contributed by atoms with E-state index in [1.54, 1.807) is 13.8 Å². The number of rotatable bonds is 16. The molecule has 13 nitrogen and oxygen atoms in total. The molecule has 0 aliphatic carbocycles. The second-order valence-corrected chi connectivity index (χ2v) is 9.17. The largest absolute Gasteiger partial charge is 0.480 e. The van der Waals surface area contributed by atoms with Gasteiger partial charge in [-0.15, -0.1) is 0 Å². The quantitative estimate of drug-likeness (QED) is 0.0634. The first-order valence-corrected chi connectivity index (χ1v) is 12.3. The summed E-state index contributed by atoms with van der Waals surface area (Å²) in [6.07, 6.45) is 1.35. The number of nitrogens with zero attached hydrogens (tertiary/aromatic N) is 1. The summed E-state index contributed by atoms with van der Waals surface area (Å²) in [6, 6.07) is -4.50. The Labute approximate surface area is 204 Å². The second kappa shape index (κ2) is 16.1. The van der Waals surface area contributed by atoms with Crippen LogP contribution in [0.25, 0.3) is 0 Å². The number of carboxylic acids is 1. The Morgan fingerprint density at radius 3 is 2.00 bits per heavy atom. The Bertz CT molecular complexity index is 716. The third kappa shape index (κ3) is 12.0. The number of hydrogen-bond acceptors (Lipinski definition) is 8. The van der Waals surface area contributed by atoms with Crippen LogP contribution in [-0.2, 0) is 19.2 Å². The van der Waals surface area contributed by atoms with Crippen molar-refractivity contribution in [3.63, 3.8) is 0 Å². The first-order valence-electron chi connectivity index (χ1n) is 10.9. The number of carboxylic acid groups (broad SMARTS) is 1. The summed E-state index contributed by atoms with van der Waals surface area (Å²) in [6.45, 7) is 4.93. The summed E-state index contributed by atoms with van der Waals surface area (Å²) in [5.74, 6) is -3.20. The fraction of sp³-hybridized carbons (Fsp3) is 0.750. The molecule has 11 N–H and O–H groups in total. The third-order valence-electron chi connectivity index (χ3n) is 4.87. The molecule has 5 atom stereocenters. The number of carbonyl (C=O) groups excluding carboxylic acids is 3. The molecule has 0 aliphatic heterocycles. The van der Waals surface area contributed by atoms with Crippen LogP contribution in [-0.4, -0.2) is 88.7 Å². The molecule has 0 fully saturated rings. The molecule has 0 aromatic rings. The van der Waals surface area contributed by atoms with E-state index in [-0.39, 0.29) is 31.3 Å². The molecular weight excluding hydrogens is 466 g/mol. The monoisotopic (exact) mass is 505 g/mol. The molecule has 0 aromatic heterocycles. The molecular formula is C20H39N7O6S. The minimum absolute atomic E-state index is 0.118. The summed E-state index contributed by atoms with van der Waals surface area (Å²) < 4.78 is 0. The van der Waals surface area contributed by atoms with E-state index in [4.69, 9.17) is 17.2 Å². The molecule has 14 heteroatoms. The third-order valence-corrected chi connectivity index (χ3v) is 5.52. The van der Waals surface area contributed by atoms with Gasteiger partial charge in [0.15, 0.2) is 5.96 Å². The van der Waals surface area contributed by atoms with Gasteiger partial charge >= 0.3 is 5.97 Å². The van der Waals surface area contributed by atoms with Crippen molar-refractivity contribution < 1.29 is 29.4 Å². The van der Waals surface area contributed by atoms with E-state index in [1.807, 2.05) is 6.26 Å². The molecule has 0 aliphatic rings. The normalized spacial score (nSPS) is 15.4. The van der Waals surface area contributed by atoms with Crippen LogP contribution in [0.3, 0.4) is 0 Å². The van der Waals surface area contributed by atoms with Gasteiger partial charge in [0, 0.05) is 6.54 Å². The molecule has 3 amide bonds. The van der Waals surface area contributed by atoms with E-state index in [9.17, 15) is 29.4 Å². The lowest BCUT2D eigenvalue weighted by Crippen LogP contribution is -2.59. The topological polar surface area (TPSA) is 235 Å². The van der Waals surface area contributed by atoms with E-state index in [2.05, 4.69) is 20.9 Å². The molecule has 0 bridgehead atoms. The molecule has 0 rings (SSSR count). The fourth-order valence-electron chi connectivity index (χ4n) is 2.80. The lowest BCUT2D eigenvalue weighted by molar-refractivity contribution is -0.142. The maximum atomic E-state index is 13.0. The van der Waals surface area contributed by atoms with Crippen LogP contribution in [0.1, 0.15) is 40.0 Å². The highest BCUT2D eigenvalue weighted by Crippen LogP contribution is 2.08. The van der Waals surface area contributed by atoms with Crippen molar-refractivity contribution >= 4 is 41.4 Å². The van der Waals surface area contributed by atoms with Gasteiger partial charge in [-0.05, 0) is 44.1 Å². The predicted molar refractivity (Wildman–Crippen MR) is 131 cm³/mol. The maximum absolute atomic E-state index is 13.0. The highest BCUT2D eigenvalue weighted by Gasteiger charge is 2.32. The maximum Gasteiger partial charge on any atom is 0.326 e. The number of guanidine groups is 1. The van der Waals surface area contributed by atoms with Crippen LogP contribution in [0.15, 0.2) is 4.99 Å². The van der Waals surface area contributed by atoms with Gasteiger partial charge in [-0.1, -0.05) is 13.8 Å². The van der Waals surface area contributed by atoms with Gasteiger partial charge in [0.2, 0.25) is 17.7 Å². The highest BCUT2D eigenvalue weighted by atomic mass is 32.2. The van der Waals surface area contributed by atoms with E-state index in [0.717, 1.165) is 0 Å². The summed E-state index contributed by atoms with van der Waals surface area (Å²) >= 11 is 1.45. The van der Waals surface area contributed by atoms with Crippen LogP contribution in [0, 0.1) is 5.92 Å². The second-order valence-electron chi connectivity index (χ2n) is 8.19. The van der Waals surface area contributed by atoms with Gasteiger partial charge in [0.05, 0.1) is 6.10 Å². The van der Waals surface area contributed by atoms with Gasteiger partial charge in [0.25, 0.3) is 0 Å². The van der Waals surface area contributed by atoms with E-state index >= 15 is 0 Å². The predicted octanol–water partition coefficient (Wildman–Crippen LogP) is -2.30. The summed E-state index contributed by atoms with van der Waals surface area (Å²) in [4.78, 5) is 53.4. The van der Waals surface area contributed by atoms with Crippen molar-refractivity contribution in [1.82, 2.24) is 16.0 Å². The van der Waals surface area contributed by atoms with Gasteiger partial charge in [-0.3, -0.25) is 19.4 Å². The number of carbonyl (C=O) groups is 4. The van der Waals surface area contributed by atoms with Gasteiger partial charge < -0.3 is 43.4 Å². The van der Waals surface area contributed by atoms with Crippen molar-refractivity contribution in [1.29, 1.82) is 0 Å². The van der Waals surface area contributed by atoms with Crippen LogP contribution in [0.4, 0.5) is 0 Å². The first-order chi connectivity index (χ1) is 15.8. The molecule has 0 saturated heterocycles. The molecule has 34 heavy (non-hydrogen) atoms. The molecule has 0 spiro atoms. The van der Waals surface area contributed by atoms with E-state index in [0.29, 0.717) is 12.2 Å². The average molecular weight is 506 g/mol. The standard InChI is InChI=1S/C20H39N7O6S/c1-10(2)15(18(31)26-13(19(32)33)7-9-34-4)27-16(29)12(6-5-8-24-20(22)23)25-17(30)14(21)11(3)28/h10-15,28H,5-9,21H2,1-4H3,(H,25,30)(H,26,31)(H,27,29)(H,32,33)(H4,22,23,24). The van der Waals surface area contributed by atoms with Gasteiger partial charge in [-0.2, -0.15) is 11.8 Å². The summed E-state index contributed by atoms with van der Waals surface area (Å²) in [5.41, 5.74) is 16.2. The van der Waals surface area contributed by atoms with Gasteiger partial charge in [-0.25, -0.2) is 4.79 Å². The van der Waals surface area contributed by atoms with Crippen molar-refractivity contribution in [2.45, 2.75) is 70.3 Å². The summed E-state index contributed by atoms with van der Waals surface area (Å²) in [7, 11) is 0. The number of hydrogen-bond donors (Lipinski definition) is 8. The zero-order valence-corrected chi connectivity index (χ0v) is 20.9. The number of aliphatic hydroxyl groups is 1. The molecule has 5 unspecified atom stereocenters. The molecule has 0 aromatic carbocycles. The Kier molecular flexibility index (Phi) is 14.9. The average Bonchev–Trinajstić information content (AvgIpc) is 2.74.